The summed E-state index contributed by atoms with van der Waals surface area (Å²) in [5, 5.41) is 3.45. The molecular weight excluding hydrogens is 210 g/mol. The topological polar surface area (TPSA) is 21.3 Å². The van der Waals surface area contributed by atoms with Gasteiger partial charge in [-0.25, -0.2) is 0 Å². The zero-order valence-corrected chi connectivity index (χ0v) is 10.3. The van der Waals surface area contributed by atoms with E-state index in [0.717, 1.165) is 31.6 Å². The van der Waals surface area contributed by atoms with Gasteiger partial charge >= 0.3 is 0 Å². The van der Waals surface area contributed by atoms with Crippen LogP contribution in [0.1, 0.15) is 42.2 Å². The summed E-state index contributed by atoms with van der Waals surface area (Å²) in [5.41, 5.74) is 3.05. The van der Waals surface area contributed by atoms with E-state index < -0.39 is 0 Å². The number of rotatable bonds is 2. The Labute approximate surface area is 103 Å². The zero-order valence-electron chi connectivity index (χ0n) is 10.3. The lowest BCUT2D eigenvalue weighted by molar-refractivity contribution is 0.0853. The standard InChI is InChI=1S/C15H21NO/c1-2-13(12-5-8-17-9-6-12)10-14(3-1)15-4-7-16-11-15/h1-3,10,12,15-16H,4-9,11H2. The van der Waals surface area contributed by atoms with Gasteiger partial charge in [-0.3, -0.25) is 0 Å². The lowest BCUT2D eigenvalue weighted by atomic mass is 9.88. The molecule has 0 aromatic heterocycles. The van der Waals surface area contributed by atoms with Gasteiger partial charge in [0.15, 0.2) is 0 Å². The minimum absolute atomic E-state index is 0.720. The van der Waals surface area contributed by atoms with Gasteiger partial charge in [0, 0.05) is 19.8 Å². The minimum atomic E-state index is 0.720. The molecule has 2 heterocycles. The molecule has 0 spiro atoms. The highest BCUT2D eigenvalue weighted by Gasteiger charge is 2.19. The second kappa shape index (κ2) is 5.19. The molecule has 0 bridgehead atoms. The Balaban J connectivity index is 1.77. The summed E-state index contributed by atoms with van der Waals surface area (Å²) in [5.74, 6) is 1.45. The first-order valence-corrected chi connectivity index (χ1v) is 6.82. The van der Waals surface area contributed by atoms with Crippen molar-refractivity contribution < 1.29 is 4.74 Å². The van der Waals surface area contributed by atoms with E-state index in [9.17, 15) is 0 Å². The molecule has 17 heavy (non-hydrogen) atoms. The van der Waals surface area contributed by atoms with Gasteiger partial charge in [0.25, 0.3) is 0 Å². The molecule has 0 saturated carbocycles. The Morgan fingerprint density at radius 1 is 1.00 bits per heavy atom. The van der Waals surface area contributed by atoms with Gasteiger partial charge in [-0.1, -0.05) is 24.3 Å². The van der Waals surface area contributed by atoms with Crippen LogP contribution in [0.2, 0.25) is 0 Å². The molecule has 2 nitrogen and oxygen atoms in total. The average molecular weight is 231 g/mol. The second-order valence-corrected chi connectivity index (χ2v) is 5.25. The molecule has 2 fully saturated rings. The monoisotopic (exact) mass is 231 g/mol. The fourth-order valence-electron chi connectivity index (χ4n) is 3.04. The Morgan fingerprint density at radius 2 is 1.76 bits per heavy atom. The summed E-state index contributed by atoms with van der Waals surface area (Å²) in [6, 6.07) is 9.26. The molecule has 3 rings (SSSR count). The van der Waals surface area contributed by atoms with Crippen LogP contribution in [0.25, 0.3) is 0 Å². The maximum absolute atomic E-state index is 5.44. The zero-order chi connectivity index (χ0) is 11.5. The summed E-state index contributed by atoms with van der Waals surface area (Å²) in [6.45, 7) is 4.18. The Bertz CT molecular complexity index is 365. The molecule has 1 aromatic carbocycles. The van der Waals surface area contributed by atoms with Crippen molar-refractivity contribution in [3.63, 3.8) is 0 Å². The maximum Gasteiger partial charge on any atom is 0.0471 e. The molecular formula is C15H21NO. The molecule has 0 radical (unpaired) electrons. The van der Waals surface area contributed by atoms with Crippen LogP contribution in [0.5, 0.6) is 0 Å². The van der Waals surface area contributed by atoms with Gasteiger partial charge in [-0.15, -0.1) is 0 Å². The quantitative estimate of drug-likeness (QED) is 0.845. The molecule has 2 aliphatic heterocycles. The predicted octanol–water partition coefficient (Wildman–Crippen LogP) is 2.66. The lowest BCUT2D eigenvalue weighted by Crippen LogP contribution is -2.14. The summed E-state index contributed by atoms with van der Waals surface area (Å²) in [4.78, 5) is 0. The van der Waals surface area contributed by atoms with Crippen molar-refractivity contribution in [2.24, 2.45) is 0 Å². The average Bonchev–Trinajstić information content (AvgIpc) is 2.94. The van der Waals surface area contributed by atoms with Crippen LogP contribution in [0.15, 0.2) is 24.3 Å². The predicted molar refractivity (Wildman–Crippen MR) is 69.5 cm³/mol. The first kappa shape index (κ1) is 11.2. The first-order valence-electron chi connectivity index (χ1n) is 6.82. The second-order valence-electron chi connectivity index (χ2n) is 5.25. The van der Waals surface area contributed by atoms with Gasteiger partial charge < -0.3 is 10.1 Å². The minimum Gasteiger partial charge on any atom is -0.381 e. The van der Waals surface area contributed by atoms with Crippen LogP contribution in [-0.2, 0) is 4.74 Å². The van der Waals surface area contributed by atoms with Crippen molar-refractivity contribution >= 4 is 0 Å². The van der Waals surface area contributed by atoms with E-state index in [4.69, 9.17) is 4.74 Å². The first-order chi connectivity index (χ1) is 8.43. The summed E-state index contributed by atoms with van der Waals surface area (Å²) >= 11 is 0. The van der Waals surface area contributed by atoms with Gasteiger partial charge in [0.1, 0.15) is 0 Å². The molecule has 0 aliphatic carbocycles. The highest BCUT2D eigenvalue weighted by molar-refractivity contribution is 5.30. The molecule has 2 saturated heterocycles. The van der Waals surface area contributed by atoms with Crippen molar-refractivity contribution in [1.82, 2.24) is 5.32 Å². The van der Waals surface area contributed by atoms with E-state index in [2.05, 4.69) is 29.6 Å². The Hall–Kier alpha value is -0.860. The fraction of sp³-hybridized carbons (Fsp3) is 0.600. The molecule has 92 valence electrons. The van der Waals surface area contributed by atoms with Crippen molar-refractivity contribution in [3.8, 4) is 0 Å². The molecule has 1 unspecified atom stereocenters. The number of hydrogen-bond acceptors (Lipinski definition) is 2. The Morgan fingerprint density at radius 3 is 2.47 bits per heavy atom. The van der Waals surface area contributed by atoms with Gasteiger partial charge in [-0.2, -0.15) is 0 Å². The van der Waals surface area contributed by atoms with Gasteiger partial charge in [0.2, 0.25) is 0 Å². The van der Waals surface area contributed by atoms with Gasteiger partial charge in [0.05, 0.1) is 0 Å². The van der Waals surface area contributed by atoms with Crippen LogP contribution in [0.3, 0.4) is 0 Å². The summed E-state index contributed by atoms with van der Waals surface area (Å²) in [6.07, 6.45) is 3.66. The van der Waals surface area contributed by atoms with Crippen LogP contribution >= 0.6 is 0 Å². The number of hydrogen-bond donors (Lipinski definition) is 1. The summed E-state index contributed by atoms with van der Waals surface area (Å²) < 4.78 is 5.44. The van der Waals surface area contributed by atoms with Crippen LogP contribution in [0, 0.1) is 0 Å². The third-order valence-electron chi connectivity index (χ3n) is 4.14. The van der Waals surface area contributed by atoms with E-state index in [1.54, 1.807) is 0 Å². The van der Waals surface area contributed by atoms with Crippen molar-refractivity contribution in [2.75, 3.05) is 26.3 Å². The smallest absolute Gasteiger partial charge is 0.0471 e. The van der Waals surface area contributed by atoms with Crippen LogP contribution < -0.4 is 5.32 Å². The van der Waals surface area contributed by atoms with E-state index in [1.807, 2.05) is 0 Å². The molecule has 2 aliphatic rings. The third-order valence-corrected chi connectivity index (χ3v) is 4.14. The Kier molecular flexibility index (Phi) is 3.44. The highest BCUT2D eigenvalue weighted by atomic mass is 16.5. The number of nitrogens with one attached hydrogen (secondary N) is 1. The lowest BCUT2D eigenvalue weighted by Gasteiger charge is -2.23. The maximum atomic E-state index is 5.44. The fourth-order valence-corrected chi connectivity index (χ4v) is 3.04. The molecule has 1 aromatic rings. The number of benzene rings is 1. The van der Waals surface area contributed by atoms with Crippen molar-refractivity contribution in [1.29, 1.82) is 0 Å². The molecule has 1 N–H and O–H groups in total. The molecule has 2 heteroatoms. The van der Waals surface area contributed by atoms with E-state index in [1.165, 1.54) is 36.9 Å². The van der Waals surface area contributed by atoms with E-state index in [-0.39, 0.29) is 0 Å². The van der Waals surface area contributed by atoms with Gasteiger partial charge in [-0.05, 0) is 48.8 Å². The molecule has 0 amide bonds. The van der Waals surface area contributed by atoms with Crippen LogP contribution in [0.4, 0.5) is 0 Å². The van der Waals surface area contributed by atoms with E-state index in [0.29, 0.717) is 0 Å². The SMILES string of the molecule is c1cc(C2CCOCC2)cc(C2CCNC2)c1. The normalized spacial score (nSPS) is 26.2. The van der Waals surface area contributed by atoms with Crippen molar-refractivity contribution in [2.45, 2.75) is 31.1 Å². The molecule has 1 atom stereocenters. The summed E-state index contributed by atoms with van der Waals surface area (Å²) in [7, 11) is 0. The third kappa shape index (κ3) is 2.53. The van der Waals surface area contributed by atoms with E-state index >= 15 is 0 Å². The highest BCUT2D eigenvalue weighted by Crippen LogP contribution is 2.30. The van der Waals surface area contributed by atoms with Crippen molar-refractivity contribution in [3.05, 3.63) is 35.4 Å². The largest absolute Gasteiger partial charge is 0.381 e. The van der Waals surface area contributed by atoms with Crippen LogP contribution in [-0.4, -0.2) is 26.3 Å². The number of ether oxygens (including phenoxy) is 1.